The van der Waals surface area contributed by atoms with Gasteiger partial charge in [0.1, 0.15) is 0 Å². The van der Waals surface area contributed by atoms with Gasteiger partial charge in [-0.25, -0.2) is 13.1 Å². The van der Waals surface area contributed by atoms with E-state index in [0.29, 0.717) is 4.90 Å². The minimum absolute atomic E-state index is 0.212. The summed E-state index contributed by atoms with van der Waals surface area (Å²) in [5.74, 6) is 0. The third-order valence-corrected chi connectivity index (χ3v) is 5.47. The van der Waals surface area contributed by atoms with E-state index in [9.17, 15) is 8.42 Å². The summed E-state index contributed by atoms with van der Waals surface area (Å²) < 4.78 is 27.3. The second kappa shape index (κ2) is 5.72. The number of nitrogens with zero attached hydrogens (tertiary/aromatic N) is 1. The van der Waals surface area contributed by atoms with Gasteiger partial charge in [0.15, 0.2) is 0 Å². The molecule has 1 rings (SSSR count). The highest BCUT2D eigenvalue weighted by molar-refractivity contribution is 7.89. The van der Waals surface area contributed by atoms with E-state index in [1.165, 1.54) is 0 Å². The molecule has 1 aromatic carbocycles. The quantitative estimate of drug-likeness (QED) is 0.862. The first-order valence-electron chi connectivity index (χ1n) is 6.17. The predicted octanol–water partition coefficient (Wildman–Crippen LogP) is 2.47. The Balaban J connectivity index is 3.40. The number of hydrogen-bond acceptors (Lipinski definition) is 2. The average Bonchev–Trinajstić information content (AvgIpc) is 2.34. The van der Waals surface area contributed by atoms with E-state index in [-0.39, 0.29) is 13.1 Å². The van der Waals surface area contributed by atoms with Crippen LogP contribution in [0.1, 0.15) is 27.8 Å². The van der Waals surface area contributed by atoms with Crippen molar-refractivity contribution in [1.82, 2.24) is 4.72 Å². The minimum atomic E-state index is -3.52. The van der Waals surface area contributed by atoms with E-state index in [4.69, 9.17) is 6.57 Å². The molecule has 0 aliphatic carbocycles. The maximum Gasteiger partial charge on any atom is 0.276 e. The molecule has 0 heterocycles. The molecule has 0 amide bonds. The number of hydrogen-bond donors (Lipinski definition) is 1. The molecule has 0 fully saturated rings. The molecule has 0 unspecified atom stereocenters. The van der Waals surface area contributed by atoms with Gasteiger partial charge in [-0.2, -0.15) is 0 Å². The van der Waals surface area contributed by atoms with E-state index in [1.54, 1.807) is 0 Å². The van der Waals surface area contributed by atoms with Gasteiger partial charge in [0.25, 0.3) is 13.1 Å². The zero-order chi connectivity index (χ0) is 14.8. The smallest absolute Gasteiger partial charge is 0.207 e. The first-order valence-corrected chi connectivity index (χ1v) is 7.65. The predicted molar refractivity (Wildman–Crippen MR) is 78.5 cm³/mol. The third kappa shape index (κ3) is 2.96. The number of sulfonamides is 1. The van der Waals surface area contributed by atoms with Crippen molar-refractivity contribution in [3.8, 4) is 6.57 Å². The summed E-state index contributed by atoms with van der Waals surface area (Å²) in [5.41, 5.74) is 4.79. The van der Waals surface area contributed by atoms with E-state index in [2.05, 4.69) is 9.57 Å². The number of nitrogens with one attached hydrogen (secondary N) is 1. The van der Waals surface area contributed by atoms with Gasteiger partial charge in [-0.3, -0.25) is 0 Å². The molecular formula is C14H21N2O2S+. The Morgan fingerprint density at radius 2 is 1.37 bits per heavy atom. The summed E-state index contributed by atoms with van der Waals surface area (Å²) >= 11 is 0. The van der Waals surface area contributed by atoms with Crippen molar-refractivity contribution >= 4 is 10.0 Å². The maximum atomic E-state index is 12.4. The monoisotopic (exact) mass is 281 g/mol. The number of rotatable bonds is 4. The molecule has 0 bridgehead atoms. The highest BCUT2D eigenvalue weighted by atomic mass is 32.2. The van der Waals surface area contributed by atoms with Crippen molar-refractivity contribution < 1.29 is 8.42 Å². The van der Waals surface area contributed by atoms with Gasteiger partial charge in [0.2, 0.25) is 10.0 Å². The van der Waals surface area contributed by atoms with E-state index < -0.39 is 10.0 Å². The molecule has 1 N–H and O–H groups in total. The summed E-state index contributed by atoms with van der Waals surface area (Å²) in [6.45, 7) is 15.1. The first-order chi connectivity index (χ1) is 8.74. The topological polar surface area (TPSA) is 50.5 Å². The largest absolute Gasteiger partial charge is 0.276 e. The Morgan fingerprint density at radius 1 is 0.947 bits per heavy atom. The lowest BCUT2D eigenvalue weighted by Crippen LogP contribution is -2.28. The molecular weight excluding hydrogens is 260 g/mol. The molecule has 0 aromatic heterocycles. The minimum Gasteiger partial charge on any atom is -0.207 e. The average molecular weight is 281 g/mol. The summed E-state index contributed by atoms with van der Waals surface area (Å²) in [7, 11) is -3.52. The number of benzene rings is 1. The molecule has 0 saturated heterocycles. The fourth-order valence-electron chi connectivity index (χ4n) is 2.19. The molecule has 0 aliphatic rings. The van der Waals surface area contributed by atoms with Crippen molar-refractivity contribution in [2.75, 3.05) is 13.1 Å². The van der Waals surface area contributed by atoms with Gasteiger partial charge >= 0.3 is 0 Å². The fraction of sp³-hybridized carbons (Fsp3) is 0.500. The van der Waals surface area contributed by atoms with Crippen molar-refractivity contribution in [3.05, 3.63) is 32.7 Å². The maximum absolute atomic E-state index is 12.4. The zero-order valence-electron chi connectivity index (χ0n) is 12.2. The van der Waals surface area contributed by atoms with Crippen molar-refractivity contribution in [1.29, 1.82) is 0 Å². The van der Waals surface area contributed by atoms with E-state index in [1.807, 2.05) is 34.6 Å². The summed E-state index contributed by atoms with van der Waals surface area (Å²) in [6.07, 6.45) is 0. The van der Waals surface area contributed by atoms with Crippen LogP contribution in [-0.4, -0.2) is 21.5 Å². The molecule has 104 valence electrons. The molecule has 0 radical (unpaired) electrons. The van der Waals surface area contributed by atoms with Crippen LogP contribution in [0, 0.1) is 41.2 Å². The van der Waals surface area contributed by atoms with Crippen LogP contribution in [0.25, 0.3) is 4.85 Å². The first kappa shape index (κ1) is 15.7. The van der Waals surface area contributed by atoms with Crippen molar-refractivity contribution in [3.63, 3.8) is 0 Å². The molecule has 0 spiro atoms. The normalized spacial score (nSPS) is 11.4. The Bertz CT molecular complexity index is 611. The van der Waals surface area contributed by atoms with Gasteiger partial charge < -0.3 is 0 Å². The Hall–Kier alpha value is -1.38. The van der Waals surface area contributed by atoms with Crippen LogP contribution < -0.4 is 4.72 Å². The SMILES string of the molecule is C#[N+]CCNS(=O)(=O)c1c(C)c(C)c(C)c(C)c1C. The van der Waals surface area contributed by atoms with Gasteiger partial charge in [-0.15, -0.1) is 0 Å². The van der Waals surface area contributed by atoms with Crippen LogP contribution in [0.3, 0.4) is 0 Å². The molecule has 1 aromatic rings. The van der Waals surface area contributed by atoms with E-state index in [0.717, 1.165) is 27.8 Å². The van der Waals surface area contributed by atoms with Gasteiger partial charge in [-0.1, -0.05) is 4.85 Å². The Labute approximate surface area is 115 Å². The summed E-state index contributed by atoms with van der Waals surface area (Å²) in [5, 5.41) is 0. The highest BCUT2D eigenvalue weighted by Gasteiger charge is 2.23. The van der Waals surface area contributed by atoms with Gasteiger partial charge in [0, 0.05) is 0 Å². The summed E-state index contributed by atoms with van der Waals surface area (Å²) in [6, 6.07) is 0. The van der Waals surface area contributed by atoms with E-state index >= 15 is 0 Å². The molecule has 19 heavy (non-hydrogen) atoms. The van der Waals surface area contributed by atoms with Crippen LogP contribution in [-0.2, 0) is 10.0 Å². The highest BCUT2D eigenvalue weighted by Crippen LogP contribution is 2.29. The third-order valence-electron chi connectivity index (χ3n) is 3.73. The molecule has 4 nitrogen and oxygen atoms in total. The van der Waals surface area contributed by atoms with Crippen molar-refractivity contribution in [2.45, 2.75) is 39.5 Å². The van der Waals surface area contributed by atoms with Crippen LogP contribution in [0.4, 0.5) is 0 Å². The lowest BCUT2D eigenvalue weighted by atomic mass is 9.95. The Morgan fingerprint density at radius 3 is 1.79 bits per heavy atom. The van der Waals surface area contributed by atoms with Crippen molar-refractivity contribution in [2.24, 2.45) is 0 Å². The van der Waals surface area contributed by atoms with Crippen LogP contribution in [0.15, 0.2) is 4.90 Å². The summed E-state index contributed by atoms with van der Waals surface area (Å²) in [4.78, 5) is 3.78. The Kier molecular flexibility index (Phi) is 4.72. The molecule has 0 aliphatic heterocycles. The van der Waals surface area contributed by atoms with Crippen LogP contribution in [0.2, 0.25) is 0 Å². The molecule has 5 heteroatoms. The lowest BCUT2D eigenvalue weighted by molar-refractivity contribution is 0.581. The second-order valence-electron chi connectivity index (χ2n) is 4.76. The molecule has 0 atom stereocenters. The van der Waals surface area contributed by atoms with Crippen LogP contribution >= 0.6 is 0 Å². The second-order valence-corrected chi connectivity index (χ2v) is 6.46. The van der Waals surface area contributed by atoms with Gasteiger partial charge in [0.05, 0.1) is 11.4 Å². The standard InChI is InChI=1S/C14H21N2O2S/c1-9-10(2)12(4)14(13(5)11(9)3)19(17,18)16-8-7-15-6/h6,16H,7-8H2,1-5H3/q+1. The lowest BCUT2D eigenvalue weighted by Gasteiger charge is -2.18. The molecule has 0 saturated carbocycles. The van der Waals surface area contributed by atoms with Gasteiger partial charge in [-0.05, 0) is 62.4 Å². The zero-order valence-corrected chi connectivity index (χ0v) is 13.0. The van der Waals surface area contributed by atoms with Crippen LogP contribution in [0.5, 0.6) is 0 Å². The fourth-order valence-corrected chi connectivity index (χ4v) is 3.80.